The number of hydrogen-bond donors (Lipinski definition) is 0. The van der Waals surface area contributed by atoms with Gasteiger partial charge >= 0.3 is 0 Å². The Bertz CT molecular complexity index is 638. The van der Waals surface area contributed by atoms with Crippen molar-refractivity contribution in [3.63, 3.8) is 0 Å². The quantitative estimate of drug-likeness (QED) is 0.835. The molecule has 6 heteroatoms. The smallest absolute Gasteiger partial charge is 0.225 e. The average molecular weight is 348 g/mol. The minimum atomic E-state index is 0.829. The molecular formula is C15H18BrN5. The largest absolute Gasteiger partial charge is 0.353 e. The van der Waals surface area contributed by atoms with Crippen LogP contribution in [0.4, 0.5) is 11.8 Å². The summed E-state index contributed by atoms with van der Waals surface area (Å²) in [5.41, 5.74) is 2.21. The van der Waals surface area contributed by atoms with Gasteiger partial charge in [0.1, 0.15) is 5.82 Å². The van der Waals surface area contributed by atoms with Crippen LogP contribution in [0.15, 0.2) is 29.0 Å². The third kappa shape index (κ3) is 3.15. The van der Waals surface area contributed by atoms with Gasteiger partial charge in [-0.05, 0) is 47.5 Å². The van der Waals surface area contributed by atoms with Gasteiger partial charge in [-0.2, -0.15) is 0 Å². The molecule has 0 saturated carbocycles. The Labute approximate surface area is 133 Å². The summed E-state index contributed by atoms with van der Waals surface area (Å²) in [7, 11) is 0. The van der Waals surface area contributed by atoms with Crippen molar-refractivity contribution in [3.8, 4) is 0 Å². The van der Waals surface area contributed by atoms with Gasteiger partial charge in [0.25, 0.3) is 0 Å². The molecule has 2 aromatic heterocycles. The molecule has 21 heavy (non-hydrogen) atoms. The van der Waals surface area contributed by atoms with Crippen molar-refractivity contribution < 1.29 is 0 Å². The Kier molecular flexibility index (Phi) is 4.05. The maximum Gasteiger partial charge on any atom is 0.225 e. The van der Waals surface area contributed by atoms with Crippen molar-refractivity contribution in [2.75, 3.05) is 36.0 Å². The fourth-order valence-electron chi connectivity index (χ4n) is 2.57. The van der Waals surface area contributed by atoms with Gasteiger partial charge < -0.3 is 9.80 Å². The highest BCUT2D eigenvalue weighted by atomic mass is 79.9. The van der Waals surface area contributed by atoms with Crippen LogP contribution < -0.4 is 9.80 Å². The molecule has 3 rings (SSSR count). The molecule has 1 fully saturated rings. The lowest BCUT2D eigenvalue weighted by atomic mass is 10.2. The monoisotopic (exact) mass is 347 g/mol. The number of piperazine rings is 1. The summed E-state index contributed by atoms with van der Waals surface area (Å²) in [6, 6.07) is 4.03. The zero-order chi connectivity index (χ0) is 14.8. The van der Waals surface area contributed by atoms with Crippen LogP contribution in [-0.4, -0.2) is 41.1 Å². The van der Waals surface area contributed by atoms with Crippen LogP contribution in [0.25, 0.3) is 0 Å². The first kappa shape index (κ1) is 14.3. The summed E-state index contributed by atoms with van der Waals surface area (Å²) in [5.74, 6) is 1.90. The van der Waals surface area contributed by atoms with Gasteiger partial charge in [0.15, 0.2) is 0 Å². The van der Waals surface area contributed by atoms with Gasteiger partial charge in [0, 0.05) is 48.7 Å². The van der Waals surface area contributed by atoms with E-state index in [9.17, 15) is 0 Å². The number of halogens is 1. The maximum atomic E-state index is 4.54. The predicted molar refractivity (Wildman–Crippen MR) is 87.9 cm³/mol. The van der Waals surface area contributed by atoms with E-state index in [0.717, 1.165) is 48.1 Å². The molecule has 5 nitrogen and oxygen atoms in total. The van der Waals surface area contributed by atoms with E-state index in [0.29, 0.717) is 0 Å². The van der Waals surface area contributed by atoms with Gasteiger partial charge in [-0.3, -0.25) is 0 Å². The molecule has 1 aliphatic heterocycles. The second-order valence-electron chi connectivity index (χ2n) is 5.27. The minimum absolute atomic E-state index is 0.829. The summed E-state index contributed by atoms with van der Waals surface area (Å²) in [5, 5.41) is 0. The van der Waals surface area contributed by atoms with E-state index in [1.165, 1.54) is 5.56 Å². The van der Waals surface area contributed by atoms with Crippen LogP contribution in [0.2, 0.25) is 0 Å². The van der Waals surface area contributed by atoms with Crippen molar-refractivity contribution in [1.29, 1.82) is 0 Å². The SMILES string of the molecule is Cc1ccnc(N2CCN(c3ncc(Br)cc3C)CC2)n1. The topological polar surface area (TPSA) is 45.2 Å². The third-order valence-corrected chi connectivity index (χ3v) is 4.10. The van der Waals surface area contributed by atoms with Crippen LogP contribution in [0.5, 0.6) is 0 Å². The molecule has 0 bridgehead atoms. The second kappa shape index (κ2) is 5.97. The standard InChI is InChI=1S/C15H18BrN5/c1-11-9-13(16)10-18-14(11)20-5-7-21(8-6-20)15-17-4-3-12(2)19-15/h3-4,9-10H,5-8H2,1-2H3. The van der Waals surface area contributed by atoms with Gasteiger partial charge in [-0.25, -0.2) is 15.0 Å². The second-order valence-corrected chi connectivity index (χ2v) is 6.18. The lowest BCUT2D eigenvalue weighted by molar-refractivity contribution is 0.632. The molecule has 0 aromatic carbocycles. The van der Waals surface area contributed by atoms with Crippen molar-refractivity contribution in [2.45, 2.75) is 13.8 Å². The fourth-order valence-corrected chi connectivity index (χ4v) is 3.02. The summed E-state index contributed by atoms with van der Waals surface area (Å²) < 4.78 is 1.02. The van der Waals surface area contributed by atoms with E-state index in [-0.39, 0.29) is 0 Å². The van der Waals surface area contributed by atoms with Crippen LogP contribution in [0.3, 0.4) is 0 Å². The summed E-state index contributed by atoms with van der Waals surface area (Å²) >= 11 is 3.46. The van der Waals surface area contributed by atoms with E-state index >= 15 is 0 Å². The molecule has 0 N–H and O–H groups in total. The third-order valence-electron chi connectivity index (χ3n) is 3.66. The zero-order valence-electron chi connectivity index (χ0n) is 12.3. The molecule has 0 spiro atoms. The molecule has 0 radical (unpaired) electrons. The highest BCUT2D eigenvalue weighted by molar-refractivity contribution is 9.10. The number of aromatic nitrogens is 3. The van der Waals surface area contributed by atoms with Crippen LogP contribution >= 0.6 is 15.9 Å². The highest BCUT2D eigenvalue weighted by Crippen LogP contribution is 2.22. The van der Waals surface area contributed by atoms with Crippen molar-refractivity contribution in [1.82, 2.24) is 15.0 Å². The van der Waals surface area contributed by atoms with Gasteiger partial charge in [-0.1, -0.05) is 0 Å². The molecule has 1 saturated heterocycles. The number of pyridine rings is 1. The van der Waals surface area contributed by atoms with E-state index in [1.54, 1.807) is 0 Å². The van der Waals surface area contributed by atoms with Gasteiger partial charge in [-0.15, -0.1) is 0 Å². The van der Waals surface area contributed by atoms with Gasteiger partial charge in [0.2, 0.25) is 5.95 Å². The Morgan fingerprint density at radius 2 is 1.76 bits per heavy atom. The average Bonchev–Trinajstić information content (AvgIpc) is 2.47. The highest BCUT2D eigenvalue weighted by Gasteiger charge is 2.21. The van der Waals surface area contributed by atoms with Crippen molar-refractivity contribution in [3.05, 3.63) is 40.3 Å². The normalized spacial score (nSPS) is 15.4. The minimum Gasteiger partial charge on any atom is -0.353 e. The van der Waals surface area contributed by atoms with Gasteiger partial charge in [0.05, 0.1) is 0 Å². The van der Waals surface area contributed by atoms with E-state index in [2.05, 4.69) is 53.7 Å². The Morgan fingerprint density at radius 1 is 1.05 bits per heavy atom. The molecule has 2 aromatic rings. The molecule has 0 aliphatic carbocycles. The Balaban J connectivity index is 1.70. The molecular weight excluding hydrogens is 330 g/mol. The number of anilines is 2. The molecule has 0 unspecified atom stereocenters. The molecule has 0 amide bonds. The number of aryl methyl sites for hydroxylation is 2. The number of nitrogens with zero attached hydrogens (tertiary/aromatic N) is 5. The van der Waals surface area contributed by atoms with E-state index in [4.69, 9.17) is 0 Å². The van der Waals surface area contributed by atoms with E-state index in [1.807, 2.05) is 25.4 Å². The lowest BCUT2D eigenvalue weighted by Gasteiger charge is -2.36. The van der Waals surface area contributed by atoms with Crippen molar-refractivity contribution in [2.24, 2.45) is 0 Å². The van der Waals surface area contributed by atoms with Crippen molar-refractivity contribution >= 4 is 27.7 Å². The first-order valence-corrected chi connectivity index (χ1v) is 7.84. The Hall–Kier alpha value is -1.69. The fraction of sp³-hybridized carbons (Fsp3) is 0.400. The molecule has 1 aliphatic rings. The van der Waals surface area contributed by atoms with Crippen LogP contribution in [-0.2, 0) is 0 Å². The van der Waals surface area contributed by atoms with E-state index < -0.39 is 0 Å². The number of rotatable bonds is 2. The van der Waals surface area contributed by atoms with Crippen LogP contribution in [0.1, 0.15) is 11.3 Å². The summed E-state index contributed by atoms with van der Waals surface area (Å²) in [6.45, 7) is 7.81. The maximum absolute atomic E-state index is 4.54. The molecule has 0 atom stereocenters. The first-order chi connectivity index (χ1) is 10.1. The van der Waals surface area contributed by atoms with Crippen LogP contribution in [0, 0.1) is 13.8 Å². The molecule has 110 valence electrons. The zero-order valence-corrected chi connectivity index (χ0v) is 13.8. The number of hydrogen-bond acceptors (Lipinski definition) is 5. The Morgan fingerprint density at radius 3 is 2.43 bits per heavy atom. The summed E-state index contributed by atoms with van der Waals surface area (Å²) in [6.07, 6.45) is 3.68. The lowest BCUT2D eigenvalue weighted by Crippen LogP contribution is -2.47. The summed E-state index contributed by atoms with van der Waals surface area (Å²) in [4.78, 5) is 18.0. The first-order valence-electron chi connectivity index (χ1n) is 7.05. The molecule has 3 heterocycles. The predicted octanol–water partition coefficient (Wildman–Crippen LogP) is 2.58.